The van der Waals surface area contributed by atoms with Crippen molar-refractivity contribution in [1.82, 2.24) is 4.98 Å². The smallest absolute Gasteiger partial charge is 0.126 e. The number of halogens is 1. The Hall–Kier alpha value is -1.19. The van der Waals surface area contributed by atoms with Crippen molar-refractivity contribution in [3.63, 3.8) is 0 Å². The third-order valence-corrected chi connectivity index (χ3v) is 3.88. The molecule has 0 saturated carbocycles. The van der Waals surface area contributed by atoms with Crippen LogP contribution in [0.15, 0.2) is 47.5 Å². The molecule has 2 nitrogen and oxygen atoms in total. The number of aromatic nitrogens is 1. The van der Waals surface area contributed by atoms with E-state index in [1.54, 1.807) is 11.8 Å². The number of benzene rings is 1. The molecule has 0 aliphatic carbocycles. The largest absolute Gasteiger partial charge is 0.370 e. The summed E-state index contributed by atoms with van der Waals surface area (Å²) in [5.41, 5.74) is 1.26. The minimum absolute atomic E-state index is 0.782. The van der Waals surface area contributed by atoms with Gasteiger partial charge in [-0.05, 0) is 42.3 Å². The zero-order valence-corrected chi connectivity index (χ0v) is 12.5. The highest BCUT2D eigenvalue weighted by molar-refractivity contribution is 7.98. The zero-order valence-electron chi connectivity index (χ0n) is 10.9. The van der Waals surface area contributed by atoms with Crippen molar-refractivity contribution >= 4 is 29.2 Å². The average molecular weight is 293 g/mol. The maximum Gasteiger partial charge on any atom is 0.126 e. The molecular weight excluding hydrogens is 276 g/mol. The van der Waals surface area contributed by atoms with E-state index in [1.807, 2.05) is 24.4 Å². The van der Waals surface area contributed by atoms with Crippen LogP contribution in [-0.4, -0.2) is 11.5 Å². The highest BCUT2D eigenvalue weighted by Crippen LogP contribution is 2.25. The summed E-state index contributed by atoms with van der Waals surface area (Å²) in [6.45, 7) is 3.10. The Morgan fingerprint density at radius 1 is 1.26 bits per heavy atom. The van der Waals surface area contributed by atoms with Crippen LogP contribution in [0.25, 0.3) is 0 Å². The van der Waals surface area contributed by atoms with E-state index in [4.69, 9.17) is 11.6 Å². The second-order valence-electron chi connectivity index (χ2n) is 4.22. The fourth-order valence-electron chi connectivity index (χ4n) is 1.64. The van der Waals surface area contributed by atoms with Crippen LogP contribution in [0.4, 0.5) is 5.82 Å². The number of nitrogens with zero attached hydrogens (tertiary/aromatic N) is 1. The van der Waals surface area contributed by atoms with Gasteiger partial charge in [-0.25, -0.2) is 4.98 Å². The quantitative estimate of drug-likeness (QED) is 0.771. The summed E-state index contributed by atoms with van der Waals surface area (Å²) in [7, 11) is 0. The molecule has 0 aliphatic heterocycles. The summed E-state index contributed by atoms with van der Waals surface area (Å²) < 4.78 is 0. The molecule has 1 aromatic heterocycles. The highest BCUT2D eigenvalue weighted by Gasteiger charge is 1.99. The summed E-state index contributed by atoms with van der Waals surface area (Å²) in [5.74, 6) is 1.87. The molecule has 2 aromatic rings. The van der Waals surface area contributed by atoms with Crippen molar-refractivity contribution in [3.8, 4) is 0 Å². The van der Waals surface area contributed by atoms with Gasteiger partial charge in [-0.2, -0.15) is 0 Å². The molecule has 0 spiro atoms. The molecule has 1 N–H and O–H groups in total. The molecule has 4 heteroatoms. The van der Waals surface area contributed by atoms with Crippen LogP contribution in [0.3, 0.4) is 0 Å². The normalized spacial score (nSPS) is 10.4. The third-order valence-electron chi connectivity index (χ3n) is 2.58. The number of thioether (sulfide) groups is 1. The number of anilines is 1. The fraction of sp³-hybridized carbons (Fsp3) is 0.267. The zero-order chi connectivity index (χ0) is 13.5. The van der Waals surface area contributed by atoms with Gasteiger partial charge < -0.3 is 5.32 Å². The van der Waals surface area contributed by atoms with Crippen molar-refractivity contribution in [2.75, 3.05) is 11.9 Å². The van der Waals surface area contributed by atoms with Crippen molar-refractivity contribution in [3.05, 3.63) is 53.2 Å². The molecule has 100 valence electrons. The standard InChI is InChI=1S/C15H17ClN2S/c1-2-7-17-15-9-12(6-8-18-15)11-19-14-5-3-4-13(16)10-14/h3-6,8-10H,2,7,11H2,1H3,(H,17,18). The van der Waals surface area contributed by atoms with Crippen molar-refractivity contribution in [2.45, 2.75) is 24.0 Å². The van der Waals surface area contributed by atoms with Gasteiger partial charge >= 0.3 is 0 Å². The molecule has 0 aliphatic rings. The first-order valence-corrected chi connectivity index (χ1v) is 7.71. The monoisotopic (exact) mass is 292 g/mol. The number of nitrogens with one attached hydrogen (secondary N) is 1. The van der Waals surface area contributed by atoms with Crippen LogP contribution in [0.5, 0.6) is 0 Å². The molecule has 19 heavy (non-hydrogen) atoms. The first kappa shape index (κ1) is 14.2. The summed E-state index contributed by atoms with van der Waals surface area (Å²) in [4.78, 5) is 5.49. The van der Waals surface area contributed by atoms with Crippen LogP contribution < -0.4 is 5.32 Å². The summed E-state index contributed by atoms with van der Waals surface area (Å²) in [6, 6.07) is 12.1. The van der Waals surface area contributed by atoms with E-state index in [9.17, 15) is 0 Å². The number of hydrogen-bond acceptors (Lipinski definition) is 3. The van der Waals surface area contributed by atoms with Crippen molar-refractivity contribution in [1.29, 1.82) is 0 Å². The lowest BCUT2D eigenvalue weighted by molar-refractivity contribution is 0.968. The number of hydrogen-bond donors (Lipinski definition) is 1. The second-order valence-corrected chi connectivity index (χ2v) is 5.71. The molecule has 0 unspecified atom stereocenters. The van der Waals surface area contributed by atoms with Gasteiger partial charge in [0.2, 0.25) is 0 Å². The highest BCUT2D eigenvalue weighted by atomic mass is 35.5. The van der Waals surface area contributed by atoms with E-state index in [-0.39, 0.29) is 0 Å². The van der Waals surface area contributed by atoms with Crippen LogP contribution in [0, 0.1) is 0 Å². The van der Waals surface area contributed by atoms with E-state index in [1.165, 1.54) is 10.5 Å². The number of pyridine rings is 1. The van der Waals surface area contributed by atoms with Gasteiger partial charge in [0, 0.05) is 28.4 Å². The molecule has 1 heterocycles. The van der Waals surface area contributed by atoms with Gasteiger partial charge in [0.05, 0.1) is 0 Å². The topological polar surface area (TPSA) is 24.9 Å². The van der Waals surface area contributed by atoms with Crippen LogP contribution in [-0.2, 0) is 5.75 Å². The lowest BCUT2D eigenvalue weighted by Crippen LogP contribution is -2.01. The molecule has 0 fully saturated rings. The van der Waals surface area contributed by atoms with Crippen LogP contribution in [0.1, 0.15) is 18.9 Å². The minimum Gasteiger partial charge on any atom is -0.370 e. The third kappa shape index (κ3) is 4.77. The maximum absolute atomic E-state index is 5.98. The summed E-state index contributed by atoms with van der Waals surface area (Å²) in [6.07, 6.45) is 2.95. The van der Waals surface area contributed by atoms with Gasteiger partial charge in [-0.1, -0.05) is 24.6 Å². The Morgan fingerprint density at radius 2 is 2.16 bits per heavy atom. The van der Waals surface area contributed by atoms with Gasteiger partial charge in [0.25, 0.3) is 0 Å². The Morgan fingerprint density at radius 3 is 2.95 bits per heavy atom. The Kier molecular flexibility index (Phi) is 5.55. The average Bonchev–Trinajstić information content (AvgIpc) is 2.43. The molecule has 0 amide bonds. The first-order chi connectivity index (χ1) is 9.28. The molecule has 0 radical (unpaired) electrons. The molecule has 0 atom stereocenters. The molecular formula is C15H17ClN2S. The van der Waals surface area contributed by atoms with E-state index < -0.39 is 0 Å². The van der Waals surface area contributed by atoms with Crippen molar-refractivity contribution in [2.24, 2.45) is 0 Å². The predicted molar refractivity (Wildman–Crippen MR) is 84.0 cm³/mol. The van der Waals surface area contributed by atoms with Crippen molar-refractivity contribution < 1.29 is 0 Å². The first-order valence-electron chi connectivity index (χ1n) is 6.35. The summed E-state index contributed by atoms with van der Waals surface area (Å²) >= 11 is 7.76. The minimum atomic E-state index is 0.782. The van der Waals surface area contributed by atoms with E-state index in [0.717, 1.165) is 29.6 Å². The van der Waals surface area contributed by atoms with Gasteiger partial charge in [-0.15, -0.1) is 11.8 Å². The lowest BCUT2D eigenvalue weighted by atomic mass is 10.3. The van der Waals surface area contributed by atoms with Gasteiger partial charge in [0.15, 0.2) is 0 Å². The van der Waals surface area contributed by atoms with Crippen LogP contribution >= 0.6 is 23.4 Å². The number of rotatable bonds is 6. The van der Waals surface area contributed by atoms with E-state index in [0.29, 0.717) is 0 Å². The Bertz CT molecular complexity index is 531. The predicted octanol–water partition coefficient (Wildman–Crippen LogP) is 4.85. The van der Waals surface area contributed by atoms with E-state index >= 15 is 0 Å². The fourth-order valence-corrected chi connectivity index (χ4v) is 2.79. The Labute approximate surface area is 123 Å². The SMILES string of the molecule is CCCNc1cc(CSc2cccc(Cl)c2)ccn1. The molecule has 1 aromatic carbocycles. The second kappa shape index (κ2) is 7.41. The van der Waals surface area contributed by atoms with Gasteiger partial charge in [-0.3, -0.25) is 0 Å². The summed E-state index contributed by atoms with van der Waals surface area (Å²) in [5, 5.41) is 4.08. The maximum atomic E-state index is 5.98. The molecule has 0 bridgehead atoms. The Balaban J connectivity index is 1.95. The van der Waals surface area contributed by atoms with Gasteiger partial charge in [0.1, 0.15) is 5.82 Å². The lowest BCUT2D eigenvalue weighted by Gasteiger charge is -2.06. The molecule has 0 saturated heterocycles. The van der Waals surface area contributed by atoms with E-state index in [2.05, 4.69) is 35.4 Å². The van der Waals surface area contributed by atoms with Crippen LogP contribution in [0.2, 0.25) is 5.02 Å². The molecule has 2 rings (SSSR count).